The Kier molecular flexibility index (Phi) is 3.41. The molecule has 2 aromatic rings. The van der Waals surface area contributed by atoms with Crippen molar-refractivity contribution in [3.63, 3.8) is 0 Å². The van der Waals surface area contributed by atoms with E-state index >= 15 is 0 Å². The number of rotatable bonds is 3. The summed E-state index contributed by atoms with van der Waals surface area (Å²) in [5.74, 6) is 0. The van der Waals surface area contributed by atoms with Crippen LogP contribution in [0.25, 0.3) is 0 Å². The summed E-state index contributed by atoms with van der Waals surface area (Å²) in [6, 6.07) is 22.0. The third kappa shape index (κ3) is 2.03. The van der Waals surface area contributed by atoms with Crippen LogP contribution in [0.3, 0.4) is 0 Å². The standard InChI is InChI=1S/C14H16Si2/c1-15-16(2,13-9-5-3-6-10-13)14-11-7-4-8-12-14/h3-12H,1-2H3. The van der Waals surface area contributed by atoms with E-state index in [1.165, 1.54) is 0 Å². The molecule has 0 nitrogen and oxygen atoms in total. The van der Waals surface area contributed by atoms with Crippen molar-refractivity contribution in [3.05, 3.63) is 60.7 Å². The van der Waals surface area contributed by atoms with E-state index in [2.05, 4.69) is 73.8 Å². The maximum atomic E-state index is 2.47. The van der Waals surface area contributed by atoms with Gasteiger partial charge in [0, 0.05) is 9.04 Å². The van der Waals surface area contributed by atoms with Gasteiger partial charge in [-0.25, -0.2) is 0 Å². The van der Waals surface area contributed by atoms with Crippen molar-refractivity contribution >= 4 is 27.0 Å². The van der Waals surface area contributed by atoms with Gasteiger partial charge in [-0.2, -0.15) is 0 Å². The lowest BCUT2D eigenvalue weighted by molar-refractivity contribution is 1.71. The van der Waals surface area contributed by atoms with Crippen molar-refractivity contribution in [2.45, 2.75) is 13.1 Å². The normalized spacial score (nSPS) is 11.4. The largest absolute Gasteiger partial charge is 0.102 e. The van der Waals surface area contributed by atoms with Crippen molar-refractivity contribution < 1.29 is 0 Å². The van der Waals surface area contributed by atoms with Gasteiger partial charge in [0.2, 0.25) is 0 Å². The van der Waals surface area contributed by atoms with Crippen LogP contribution in [0.1, 0.15) is 0 Å². The minimum Gasteiger partial charge on any atom is -0.0748 e. The second kappa shape index (κ2) is 4.81. The molecular weight excluding hydrogens is 224 g/mol. The highest BCUT2D eigenvalue weighted by Crippen LogP contribution is 2.03. The molecule has 0 fully saturated rings. The summed E-state index contributed by atoms with van der Waals surface area (Å²) in [6.45, 7) is 4.81. The number of hydrogen-bond acceptors (Lipinski definition) is 0. The van der Waals surface area contributed by atoms with Crippen LogP contribution in [-0.4, -0.2) is 16.6 Å². The monoisotopic (exact) mass is 240 g/mol. The van der Waals surface area contributed by atoms with Gasteiger partial charge in [-0.05, 0) is 0 Å². The average Bonchev–Trinajstić information content (AvgIpc) is 2.40. The van der Waals surface area contributed by atoms with Crippen LogP contribution in [0.2, 0.25) is 13.1 Å². The van der Waals surface area contributed by atoms with Crippen molar-refractivity contribution in [2.24, 2.45) is 0 Å². The molecule has 2 rings (SSSR count). The highest BCUT2D eigenvalue weighted by Gasteiger charge is 2.29. The first-order chi connectivity index (χ1) is 7.77. The Balaban J connectivity index is 2.49. The fourth-order valence-corrected chi connectivity index (χ4v) is 7.36. The minimum absolute atomic E-state index is 0.996. The van der Waals surface area contributed by atoms with E-state index in [9.17, 15) is 0 Å². The molecule has 0 saturated carbocycles. The van der Waals surface area contributed by atoms with Crippen molar-refractivity contribution in [3.8, 4) is 0 Å². The number of benzene rings is 2. The molecule has 2 aromatic carbocycles. The Hall–Kier alpha value is -1.13. The lowest BCUT2D eigenvalue weighted by atomic mass is 10.4. The van der Waals surface area contributed by atoms with Crippen molar-refractivity contribution in [1.29, 1.82) is 0 Å². The molecule has 0 amide bonds. The molecule has 0 N–H and O–H groups in total. The molecule has 0 heterocycles. The maximum absolute atomic E-state index is 2.47. The van der Waals surface area contributed by atoms with Gasteiger partial charge in [-0.1, -0.05) is 84.1 Å². The minimum atomic E-state index is -1.45. The van der Waals surface area contributed by atoms with Gasteiger partial charge >= 0.3 is 0 Å². The highest BCUT2D eigenvalue weighted by atomic mass is 29.2. The van der Waals surface area contributed by atoms with Crippen LogP contribution >= 0.6 is 0 Å². The van der Waals surface area contributed by atoms with Gasteiger partial charge in [-0.15, -0.1) is 0 Å². The Morgan fingerprint density at radius 1 is 0.750 bits per heavy atom. The Morgan fingerprint density at radius 3 is 1.44 bits per heavy atom. The second-order valence-corrected chi connectivity index (χ2v) is 12.5. The third-order valence-electron chi connectivity index (χ3n) is 3.20. The van der Waals surface area contributed by atoms with E-state index < -0.39 is 7.59 Å². The lowest BCUT2D eigenvalue weighted by Gasteiger charge is -2.26. The molecule has 0 unspecified atom stereocenters. The Bertz CT molecular complexity index is 397. The van der Waals surface area contributed by atoms with Gasteiger partial charge in [0.15, 0.2) is 0 Å². The topological polar surface area (TPSA) is 0 Å². The first-order valence-electron chi connectivity index (χ1n) is 5.57. The van der Waals surface area contributed by atoms with Crippen LogP contribution < -0.4 is 10.4 Å². The van der Waals surface area contributed by atoms with E-state index in [-0.39, 0.29) is 0 Å². The molecule has 0 aliphatic rings. The molecule has 0 aromatic heterocycles. The fraction of sp³-hybridized carbons (Fsp3) is 0.143. The molecule has 16 heavy (non-hydrogen) atoms. The van der Waals surface area contributed by atoms with Crippen LogP contribution in [0, 0.1) is 0 Å². The maximum Gasteiger partial charge on any atom is 0.102 e. The molecular formula is C14H16Si2. The van der Waals surface area contributed by atoms with Crippen LogP contribution in [0.5, 0.6) is 0 Å². The van der Waals surface area contributed by atoms with Crippen molar-refractivity contribution in [1.82, 2.24) is 0 Å². The van der Waals surface area contributed by atoms with Gasteiger partial charge < -0.3 is 0 Å². The quantitative estimate of drug-likeness (QED) is 0.721. The van der Waals surface area contributed by atoms with E-state index in [0.29, 0.717) is 0 Å². The van der Waals surface area contributed by atoms with E-state index in [1.807, 2.05) is 0 Å². The zero-order valence-corrected chi connectivity index (χ0v) is 11.8. The molecule has 0 bridgehead atoms. The summed E-state index contributed by atoms with van der Waals surface area (Å²) in [5, 5.41) is 3.09. The average molecular weight is 240 g/mol. The summed E-state index contributed by atoms with van der Waals surface area (Å²) >= 11 is 0. The Morgan fingerprint density at radius 2 is 1.12 bits per heavy atom. The van der Waals surface area contributed by atoms with Gasteiger partial charge in [0.25, 0.3) is 0 Å². The van der Waals surface area contributed by atoms with E-state index in [4.69, 9.17) is 0 Å². The van der Waals surface area contributed by atoms with Crippen LogP contribution in [-0.2, 0) is 0 Å². The van der Waals surface area contributed by atoms with E-state index in [1.54, 1.807) is 10.4 Å². The molecule has 0 aliphatic heterocycles. The smallest absolute Gasteiger partial charge is 0.0748 e. The van der Waals surface area contributed by atoms with Gasteiger partial charge in [-0.3, -0.25) is 0 Å². The van der Waals surface area contributed by atoms with Crippen LogP contribution in [0.4, 0.5) is 0 Å². The molecule has 0 aliphatic carbocycles. The first kappa shape index (κ1) is 11.4. The van der Waals surface area contributed by atoms with Crippen LogP contribution in [0.15, 0.2) is 60.7 Å². The zero-order chi connectivity index (χ0) is 11.4. The van der Waals surface area contributed by atoms with Gasteiger partial charge in [0.05, 0.1) is 0 Å². The molecule has 0 spiro atoms. The summed E-state index contributed by atoms with van der Waals surface area (Å²) in [4.78, 5) is 0. The molecule has 80 valence electrons. The second-order valence-electron chi connectivity index (χ2n) is 4.11. The predicted molar refractivity (Wildman–Crippen MR) is 75.4 cm³/mol. The fourth-order valence-electron chi connectivity index (χ4n) is 2.00. The first-order valence-corrected chi connectivity index (χ1v) is 10.6. The van der Waals surface area contributed by atoms with Crippen molar-refractivity contribution in [2.75, 3.05) is 0 Å². The zero-order valence-electron chi connectivity index (χ0n) is 9.77. The molecule has 0 saturated heterocycles. The molecule has 2 heteroatoms. The summed E-state index contributed by atoms with van der Waals surface area (Å²) in [5.41, 5.74) is 0. The van der Waals surface area contributed by atoms with E-state index in [0.717, 1.165) is 9.04 Å². The lowest BCUT2D eigenvalue weighted by Crippen LogP contribution is -2.60. The predicted octanol–water partition coefficient (Wildman–Crippen LogP) is 2.13. The van der Waals surface area contributed by atoms with Gasteiger partial charge in [0.1, 0.15) is 7.59 Å². The SMILES string of the molecule is C[Si][Si](C)(c1ccccc1)c1ccccc1. The highest BCUT2D eigenvalue weighted by molar-refractivity contribution is 7.36. The summed E-state index contributed by atoms with van der Waals surface area (Å²) < 4.78 is 0. The summed E-state index contributed by atoms with van der Waals surface area (Å²) in [6.07, 6.45) is 0. The molecule has 2 radical (unpaired) electrons. The Labute approximate surface area is 101 Å². The number of hydrogen-bond donors (Lipinski definition) is 0. The summed E-state index contributed by atoms with van der Waals surface area (Å²) in [7, 11) is -0.452. The third-order valence-corrected chi connectivity index (χ3v) is 11.9. The molecule has 0 atom stereocenters.